The summed E-state index contributed by atoms with van der Waals surface area (Å²) in [6.07, 6.45) is 1.06. The number of thiazole rings is 1. The molecular weight excluding hydrogens is 236 g/mol. The minimum Gasteiger partial charge on any atom is -0.382 e. The molecule has 0 bridgehead atoms. The van der Waals surface area contributed by atoms with Gasteiger partial charge in [0.15, 0.2) is 5.13 Å². The van der Waals surface area contributed by atoms with E-state index < -0.39 is 0 Å². The number of nitrogens with two attached hydrogens (primary N) is 1. The van der Waals surface area contributed by atoms with Gasteiger partial charge in [-0.25, -0.2) is 4.98 Å². The summed E-state index contributed by atoms with van der Waals surface area (Å²) in [5.41, 5.74) is 5.78. The lowest BCUT2D eigenvalue weighted by Crippen LogP contribution is -2.26. The number of hydrogen-bond donors (Lipinski definition) is 2. The molecule has 2 rings (SSSR count). The van der Waals surface area contributed by atoms with Crippen molar-refractivity contribution >= 4 is 28.2 Å². The van der Waals surface area contributed by atoms with Gasteiger partial charge in [-0.15, -0.1) is 0 Å². The zero-order chi connectivity index (χ0) is 12.6. The van der Waals surface area contributed by atoms with Gasteiger partial charge in [-0.1, -0.05) is 18.3 Å². The van der Waals surface area contributed by atoms with Crippen LogP contribution in [0, 0.1) is 5.92 Å². The summed E-state index contributed by atoms with van der Waals surface area (Å²) in [6.45, 7) is 4.99. The maximum absolute atomic E-state index is 11.9. The topological polar surface area (TPSA) is 71.2 Å². The maximum Gasteiger partial charge on any atom is 0.265 e. The Labute approximate surface area is 105 Å². The van der Waals surface area contributed by atoms with Crippen molar-refractivity contribution in [2.45, 2.75) is 26.3 Å². The average Bonchev–Trinajstić information content (AvgIpc) is 2.83. The Bertz CT molecular complexity index is 431. The second kappa shape index (κ2) is 4.52. The first-order valence-corrected chi connectivity index (χ1v) is 6.62. The number of nitrogens with zero attached hydrogens (tertiary/aromatic N) is 2. The largest absolute Gasteiger partial charge is 0.382 e. The van der Waals surface area contributed by atoms with Crippen LogP contribution in [0.25, 0.3) is 0 Å². The molecule has 17 heavy (non-hydrogen) atoms. The molecule has 0 aliphatic heterocycles. The fraction of sp³-hybridized carbons (Fsp3) is 0.636. The van der Waals surface area contributed by atoms with E-state index >= 15 is 0 Å². The van der Waals surface area contributed by atoms with Crippen LogP contribution < -0.4 is 16.0 Å². The lowest BCUT2D eigenvalue weighted by molar-refractivity contribution is 0.0954. The number of aromatic nitrogens is 1. The second-order valence-corrected chi connectivity index (χ2v) is 5.50. The van der Waals surface area contributed by atoms with Gasteiger partial charge in [0.05, 0.1) is 0 Å². The van der Waals surface area contributed by atoms with Gasteiger partial charge in [-0.3, -0.25) is 4.79 Å². The van der Waals surface area contributed by atoms with E-state index in [9.17, 15) is 4.79 Å². The van der Waals surface area contributed by atoms with Crippen LogP contribution in [-0.2, 0) is 0 Å². The second-order valence-electron chi connectivity index (χ2n) is 4.52. The summed E-state index contributed by atoms with van der Waals surface area (Å²) in [5.74, 6) is 0.826. The van der Waals surface area contributed by atoms with E-state index in [1.807, 2.05) is 18.9 Å². The highest BCUT2D eigenvalue weighted by Crippen LogP contribution is 2.31. The summed E-state index contributed by atoms with van der Waals surface area (Å²) in [6, 6.07) is 0.316. The van der Waals surface area contributed by atoms with Crippen LogP contribution in [0.2, 0.25) is 0 Å². The standard InChI is InChI=1S/C11H18N4OS/c1-4-15(3)11-14-9(12)8(17-11)10(16)13-7-5-6(7)2/h6-7H,4-5,12H2,1-3H3,(H,13,16). The van der Waals surface area contributed by atoms with Crippen molar-refractivity contribution < 1.29 is 4.79 Å². The molecule has 1 aliphatic rings. The summed E-state index contributed by atoms with van der Waals surface area (Å²) in [4.78, 5) is 18.7. The van der Waals surface area contributed by atoms with E-state index in [4.69, 9.17) is 5.73 Å². The number of rotatable bonds is 4. The van der Waals surface area contributed by atoms with Gasteiger partial charge in [0.25, 0.3) is 5.91 Å². The molecule has 0 saturated heterocycles. The number of nitrogens with one attached hydrogen (secondary N) is 1. The van der Waals surface area contributed by atoms with E-state index in [1.165, 1.54) is 11.3 Å². The molecule has 0 radical (unpaired) electrons. The molecule has 2 unspecified atom stereocenters. The number of nitrogen functional groups attached to an aromatic ring is 1. The Morgan fingerprint density at radius 2 is 2.35 bits per heavy atom. The number of anilines is 2. The average molecular weight is 254 g/mol. The molecule has 1 aliphatic carbocycles. The van der Waals surface area contributed by atoms with Crippen LogP contribution in [0.1, 0.15) is 29.9 Å². The van der Waals surface area contributed by atoms with Crippen molar-refractivity contribution in [3.8, 4) is 0 Å². The van der Waals surface area contributed by atoms with Gasteiger partial charge >= 0.3 is 0 Å². The maximum atomic E-state index is 11.9. The normalized spacial score (nSPS) is 22.3. The lowest BCUT2D eigenvalue weighted by atomic mass is 10.4. The number of carbonyl (C=O) groups is 1. The van der Waals surface area contributed by atoms with Gasteiger partial charge in [0.1, 0.15) is 10.7 Å². The third kappa shape index (κ3) is 2.52. The Balaban J connectivity index is 2.09. The van der Waals surface area contributed by atoms with Crippen LogP contribution in [0.3, 0.4) is 0 Å². The van der Waals surface area contributed by atoms with Crippen molar-refractivity contribution in [3.05, 3.63) is 4.88 Å². The van der Waals surface area contributed by atoms with Crippen LogP contribution in [0.15, 0.2) is 0 Å². The molecule has 0 aromatic carbocycles. The number of amides is 1. The summed E-state index contributed by atoms with van der Waals surface area (Å²) < 4.78 is 0. The predicted molar refractivity (Wildman–Crippen MR) is 70.5 cm³/mol. The molecule has 1 fully saturated rings. The highest BCUT2D eigenvalue weighted by Gasteiger charge is 2.34. The monoisotopic (exact) mass is 254 g/mol. The minimum absolute atomic E-state index is 0.0925. The molecule has 0 spiro atoms. The quantitative estimate of drug-likeness (QED) is 0.850. The molecule has 1 saturated carbocycles. The van der Waals surface area contributed by atoms with Gasteiger partial charge in [0, 0.05) is 19.6 Å². The molecule has 6 heteroatoms. The van der Waals surface area contributed by atoms with Crippen LogP contribution in [0.4, 0.5) is 10.9 Å². The molecule has 5 nitrogen and oxygen atoms in total. The Kier molecular flexibility index (Phi) is 3.24. The van der Waals surface area contributed by atoms with Crippen molar-refractivity contribution in [1.29, 1.82) is 0 Å². The van der Waals surface area contributed by atoms with E-state index in [0.29, 0.717) is 22.7 Å². The minimum atomic E-state index is -0.0925. The van der Waals surface area contributed by atoms with E-state index in [-0.39, 0.29) is 5.91 Å². The van der Waals surface area contributed by atoms with E-state index in [2.05, 4.69) is 17.2 Å². The SMILES string of the molecule is CCN(C)c1nc(N)c(C(=O)NC2CC2C)s1. The molecule has 1 aromatic heterocycles. The summed E-state index contributed by atoms with van der Waals surface area (Å²) in [7, 11) is 1.93. The Hall–Kier alpha value is -1.30. The third-order valence-electron chi connectivity index (χ3n) is 3.08. The van der Waals surface area contributed by atoms with Gasteiger partial charge in [0.2, 0.25) is 0 Å². The fourth-order valence-electron chi connectivity index (χ4n) is 1.54. The first kappa shape index (κ1) is 12.2. The molecule has 94 valence electrons. The smallest absolute Gasteiger partial charge is 0.265 e. The Morgan fingerprint density at radius 1 is 1.71 bits per heavy atom. The molecule has 1 aromatic rings. The van der Waals surface area contributed by atoms with Crippen molar-refractivity contribution in [2.75, 3.05) is 24.2 Å². The van der Waals surface area contributed by atoms with Crippen LogP contribution in [0.5, 0.6) is 0 Å². The predicted octanol–water partition coefficient (Wildman–Crippen LogP) is 1.32. The van der Waals surface area contributed by atoms with Gasteiger partial charge in [-0.2, -0.15) is 0 Å². The van der Waals surface area contributed by atoms with E-state index in [0.717, 1.165) is 18.1 Å². The van der Waals surface area contributed by atoms with Gasteiger partial charge < -0.3 is 16.0 Å². The molecule has 1 amide bonds. The molecule has 1 heterocycles. The highest BCUT2D eigenvalue weighted by molar-refractivity contribution is 7.18. The molecule has 3 N–H and O–H groups in total. The molecule has 2 atom stereocenters. The summed E-state index contributed by atoms with van der Waals surface area (Å²) in [5, 5.41) is 3.75. The van der Waals surface area contributed by atoms with Crippen molar-refractivity contribution in [2.24, 2.45) is 5.92 Å². The van der Waals surface area contributed by atoms with E-state index in [1.54, 1.807) is 0 Å². The lowest BCUT2D eigenvalue weighted by Gasteiger charge is -2.10. The highest BCUT2D eigenvalue weighted by atomic mass is 32.1. The molecular formula is C11H18N4OS. The van der Waals surface area contributed by atoms with Crippen LogP contribution in [-0.4, -0.2) is 30.5 Å². The Morgan fingerprint density at radius 3 is 2.88 bits per heavy atom. The summed E-state index contributed by atoms with van der Waals surface area (Å²) >= 11 is 1.35. The van der Waals surface area contributed by atoms with Gasteiger partial charge in [-0.05, 0) is 19.3 Å². The first-order valence-electron chi connectivity index (χ1n) is 5.81. The first-order chi connectivity index (χ1) is 8.02. The number of hydrogen-bond acceptors (Lipinski definition) is 5. The van der Waals surface area contributed by atoms with Crippen molar-refractivity contribution in [1.82, 2.24) is 10.3 Å². The zero-order valence-corrected chi connectivity index (χ0v) is 11.2. The fourth-order valence-corrected chi connectivity index (χ4v) is 2.45. The van der Waals surface area contributed by atoms with Crippen molar-refractivity contribution in [3.63, 3.8) is 0 Å². The number of carbonyl (C=O) groups excluding carboxylic acids is 1. The third-order valence-corrected chi connectivity index (χ3v) is 4.26. The zero-order valence-electron chi connectivity index (χ0n) is 10.4. The van der Waals surface area contributed by atoms with Crippen LogP contribution >= 0.6 is 11.3 Å².